The van der Waals surface area contributed by atoms with Gasteiger partial charge in [0.2, 0.25) is 0 Å². The lowest BCUT2D eigenvalue weighted by Crippen LogP contribution is -2.07. The lowest BCUT2D eigenvalue weighted by atomic mass is 10.1. The molecule has 2 nitrogen and oxygen atoms in total. The molecular weight excluding hydrogens is 266 g/mol. The fourth-order valence-corrected chi connectivity index (χ4v) is 2.55. The second-order valence-electron chi connectivity index (χ2n) is 4.84. The van der Waals surface area contributed by atoms with E-state index >= 15 is 0 Å². The summed E-state index contributed by atoms with van der Waals surface area (Å²) in [5, 5.41) is 3.52. The van der Waals surface area contributed by atoms with E-state index in [4.69, 9.17) is 4.74 Å². The predicted octanol–water partition coefficient (Wildman–Crippen LogP) is 4.90. The van der Waals surface area contributed by atoms with Crippen LogP contribution in [0, 0.1) is 6.92 Å². The van der Waals surface area contributed by atoms with Gasteiger partial charge in [-0.25, -0.2) is 0 Å². The highest BCUT2D eigenvalue weighted by Gasteiger charge is 2.09. The molecule has 0 heterocycles. The van der Waals surface area contributed by atoms with Crippen molar-refractivity contribution >= 4 is 17.4 Å². The Bertz CT molecular complexity index is 566. The van der Waals surface area contributed by atoms with Crippen LogP contribution in [0.15, 0.2) is 47.4 Å². The van der Waals surface area contributed by atoms with Gasteiger partial charge in [0.25, 0.3) is 0 Å². The van der Waals surface area contributed by atoms with Crippen molar-refractivity contribution < 1.29 is 4.74 Å². The fourth-order valence-electron chi connectivity index (χ4n) is 2.14. The molecule has 0 aliphatic carbocycles. The Kier molecular flexibility index (Phi) is 4.96. The Morgan fingerprint density at radius 3 is 2.40 bits per heavy atom. The second kappa shape index (κ2) is 6.71. The van der Waals surface area contributed by atoms with Crippen LogP contribution < -0.4 is 10.1 Å². The van der Waals surface area contributed by atoms with Gasteiger partial charge in [-0.3, -0.25) is 0 Å². The van der Waals surface area contributed by atoms with Crippen LogP contribution in [0.4, 0.5) is 5.69 Å². The van der Waals surface area contributed by atoms with Gasteiger partial charge >= 0.3 is 0 Å². The number of anilines is 1. The zero-order chi connectivity index (χ0) is 14.5. The van der Waals surface area contributed by atoms with Gasteiger partial charge in [0.1, 0.15) is 5.75 Å². The van der Waals surface area contributed by atoms with Gasteiger partial charge in [0.15, 0.2) is 0 Å². The van der Waals surface area contributed by atoms with E-state index in [-0.39, 0.29) is 6.04 Å². The summed E-state index contributed by atoms with van der Waals surface area (Å²) >= 11 is 1.76. The quantitative estimate of drug-likeness (QED) is 0.790. The maximum Gasteiger partial charge on any atom is 0.141 e. The molecule has 0 saturated carbocycles. The molecule has 0 amide bonds. The van der Waals surface area contributed by atoms with Crippen LogP contribution in [0.2, 0.25) is 0 Å². The van der Waals surface area contributed by atoms with E-state index < -0.39 is 0 Å². The number of ether oxygens (including phenoxy) is 1. The van der Waals surface area contributed by atoms with Gasteiger partial charge in [-0.1, -0.05) is 18.2 Å². The minimum atomic E-state index is 0.238. The first-order chi connectivity index (χ1) is 9.63. The molecule has 1 N–H and O–H groups in total. The Hall–Kier alpha value is -1.61. The van der Waals surface area contributed by atoms with E-state index in [0.29, 0.717) is 0 Å². The average molecular weight is 287 g/mol. The normalized spacial score (nSPS) is 12.0. The molecule has 0 radical (unpaired) electrons. The summed E-state index contributed by atoms with van der Waals surface area (Å²) in [5.74, 6) is 0.878. The van der Waals surface area contributed by atoms with Crippen molar-refractivity contribution in [2.24, 2.45) is 0 Å². The maximum atomic E-state index is 5.41. The number of methoxy groups -OCH3 is 1. The molecule has 0 saturated heterocycles. The van der Waals surface area contributed by atoms with Gasteiger partial charge in [0.05, 0.1) is 12.8 Å². The molecule has 3 heteroatoms. The van der Waals surface area contributed by atoms with Gasteiger partial charge in [-0.2, -0.15) is 0 Å². The molecule has 1 unspecified atom stereocenters. The molecule has 1 atom stereocenters. The smallest absolute Gasteiger partial charge is 0.141 e. The third-order valence-electron chi connectivity index (χ3n) is 3.34. The zero-order valence-corrected chi connectivity index (χ0v) is 13.3. The van der Waals surface area contributed by atoms with Crippen molar-refractivity contribution in [3.8, 4) is 5.75 Å². The van der Waals surface area contributed by atoms with Gasteiger partial charge in [0, 0.05) is 10.9 Å². The highest BCUT2D eigenvalue weighted by atomic mass is 32.2. The number of aryl methyl sites for hydroxylation is 1. The Labute approximate surface area is 125 Å². The molecule has 0 fully saturated rings. The lowest BCUT2D eigenvalue weighted by molar-refractivity contribution is 0.416. The number of hydrogen-bond donors (Lipinski definition) is 1. The van der Waals surface area contributed by atoms with Crippen molar-refractivity contribution in [3.05, 3.63) is 53.6 Å². The Morgan fingerprint density at radius 2 is 1.80 bits per heavy atom. The van der Waals surface area contributed by atoms with E-state index in [1.807, 2.05) is 6.07 Å². The third kappa shape index (κ3) is 3.48. The Morgan fingerprint density at radius 1 is 1.10 bits per heavy atom. The Balaban J connectivity index is 2.17. The van der Waals surface area contributed by atoms with Crippen LogP contribution in [-0.4, -0.2) is 13.4 Å². The summed E-state index contributed by atoms with van der Waals surface area (Å²) in [6.07, 6.45) is 2.09. The average Bonchev–Trinajstić information content (AvgIpc) is 2.47. The van der Waals surface area contributed by atoms with Crippen molar-refractivity contribution in [1.29, 1.82) is 0 Å². The molecule has 2 rings (SSSR count). The minimum Gasteiger partial charge on any atom is -0.495 e. The zero-order valence-electron chi connectivity index (χ0n) is 12.4. The van der Waals surface area contributed by atoms with E-state index in [0.717, 1.165) is 11.4 Å². The SMILES string of the molecule is COc1ccc(C)cc1NC(C)c1ccc(SC)cc1. The van der Waals surface area contributed by atoms with E-state index in [1.165, 1.54) is 16.0 Å². The van der Waals surface area contributed by atoms with Crippen LogP contribution in [0.3, 0.4) is 0 Å². The minimum absolute atomic E-state index is 0.238. The summed E-state index contributed by atoms with van der Waals surface area (Å²) in [4.78, 5) is 1.29. The molecule has 20 heavy (non-hydrogen) atoms. The first-order valence-corrected chi connectivity index (χ1v) is 7.91. The van der Waals surface area contributed by atoms with Crippen LogP contribution >= 0.6 is 11.8 Å². The summed E-state index contributed by atoms with van der Waals surface area (Å²) < 4.78 is 5.41. The van der Waals surface area contributed by atoms with Crippen LogP contribution in [-0.2, 0) is 0 Å². The molecule has 2 aromatic rings. The van der Waals surface area contributed by atoms with Crippen LogP contribution in [0.1, 0.15) is 24.1 Å². The van der Waals surface area contributed by atoms with Crippen LogP contribution in [0.25, 0.3) is 0 Å². The van der Waals surface area contributed by atoms with Gasteiger partial charge in [-0.05, 0) is 55.5 Å². The molecule has 0 aliphatic rings. The van der Waals surface area contributed by atoms with Crippen molar-refractivity contribution in [3.63, 3.8) is 0 Å². The highest BCUT2D eigenvalue weighted by molar-refractivity contribution is 7.98. The van der Waals surface area contributed by atoms with E-state index in [2.05, 4.69) is 61.8 Å². The van der Waals surface area contributed by atoms with E-state index in [9.17, 15) is 0 Å². The first kappa shape index (κ1) is 14.8. The molecular formula is C17H21NOS. The van der Waals surface area contributed by atoms with Gasteiger partial charge < -0.3 is 10.1 Å². The highest BCUT2D eigenvalue weighted by Crippen LogP contribution is 2.29. The third-order valence-corrected chi connectivity index (χ3v) is 4.09. The van der Waals surface area contributed by atoms with Crippen molar-refractivity contribution in [2.75, 3.05) is 18.7 Å². The number of hydrogen-bond acceptors (Lipinski definition) is 3. The summed E-state index contributed by atoms with van der Waals surface area (Å²) in [6, 6.07) is 15.1. The molecule has 0 aliphatic heterocycles. The number of thioether (sulfide) groups is 1. The van der Waals surface area contributed by atoms with Crippen molar-refractivity contribution in [2.45, 2.75) is 24.8 Å². The maximum absolute atomic E-state index is 5.41. The van der Waals surface area contributed by atoms with Crippen LogP contribution in [0.5, 0.6) is 5.75 Å². The summed E-state index contributed by atoms with van der Waals surface area (Å²) in [5.41, 5.74) is 3.53. The topological polar surface area (TPSA) is 21.3 Å². The standard InChI is InChI=1S/C17H21NOS/c1-12-5-10-17(19-3)16(11-12)18-13(2)14-6-8-15(20-4)9-7-14/h5-11,13,18H,1-4H3. The van der Waals surface area contributed by atoms with Gasteiger partial charge in [-0.15, -0.1) is 11.8 Å². The molecule has 0 spiro atoms. The molecule has 0 aromatic heterocycles. The second-order valence-corrected chi connectivity index (χ2v) is 5.72. The summed E-state index contributed by atoms with van der Waals surface area (Å²) in [6.45, 7) is 4.25. The van der Waals surface area contributed by atoms with Crippen molar-refractivity contribution in [1.82, 2.24) is 0 Å². The molecule has 2 aromatic carbocycles. The number of benzene rings is 2. The monoisotopic (exact) mass is 287 g/mol. The fraction of sp³-hybridized carbons (Fsp3) is 0.294. The van der Waals surface area contributed by atoms with E-state index in [1.54, 1.807) is 18.9 Å². The lowest BCUT2D eigenvalue weighted by Gasteiger charge is -2.18. The molecule has 0 bridgehead atoms. The number of rotatable bonds is 5. The first-order valence-electron chi connectivity index (χ1n) is 6.69. The largest absolute Gasteiger partial charge is 0.495 e. The predicted molar refractivity (Wildman–Crippen MR) is 88.0 cm³/mol. The number of nitrogens with one attached hydrogen (secondary N) is 1. The molecule has 106 valence electrons. The summed E-state index contributed by atoms with van der Waals surface area (Å²) in [7, 11) is 1.70.